The van der Waals surface area contributed by atoms with Crippen LogP contribution in [0.3, 0.4) is 0 Å². The van der Waals surface area contributed by atoms with Gasteiger partial charge in [0.15, 0.2) is 0 Å². The molecule has 0 amide bonds. The molecular formula is C21H29N3O5S2. The normalized spacial score (nSPS) is 12.6. The first kappa shape index (κ1) is 25.1. The van der Waals surface area contributed by atoms with Crippen molar-refractivity contribution in [3.63, 3.8) is 0 Å². The molecule has 2 aromatic heterocycles. The zero-order chi connectivity index (χ0) is 22.7. The SMILES string of the molecule is CCCCC(CC)CNS(=O)(=O)c1ccc(CN(Cc2ccncc2)OC(=O)C=O)s1. The third-order valence-corrected chi connectivity index (χ3v) is 7.75. The van der Waals surface area contributed by atoms with Gasteiger partial charge < -0.3 is 4.84 Å². The van der Waals surface area contributed by atoms with E-state index in [1.165, 1.54) is 5.06 Å². The first-order chi connectivity index (χ1) is 14.9. The highest BCUT2D eigenvalue weighted by atomic mass is 32.2. The number of nitrogens with one attached hydrogen (secondary N) is 1. The highest BCUT2D eigenvalue weighted by Gasteiger charge is 2.20. The average molecular weight is 468 g/mol. The fourth-order valence-electron chi connectivity index (χ4n) is 2.96. The molecule has 2 heterocycles. The smallest absolute Gasteiger partial charge is 0.361 e. The van der Waals surface area contributed by atoms with Crippen LogP contribution in [0.25, 0.3) is 0 Å². The van der Waals surface area contributed by atoms with Crippen LogP contribution < -0.4 is 4.72 Å². The lowest BCUT2D eigenvalue weighted by Gasteiger charge is -2.19. The molecule has 0 aliphatic heterocycles. The first-order valence-electron chi connectivity index (χ1n) is 10.3. The fourth-order valence-corrected chi connectivity index (χ4v) is 5.48. The van der Waals surface area contributed by atoms with Crippen molar-refractivity contribution in [3.05, 3.63) is 47.1 Å². The monoisotopic (exact) mass is 467 g/mol. The van der Waals surface area contributed by atoms with Gasteiger partial charge in [-0.15, -0.1) is 16.4 Å². The highest BCUT2D eigenvalue weighted by molar-refractivity contribution is 7.91. The fraction of sp³-hybridized carbons (Fsp3) is 0.476. The van der Waals surface area contributed by atoms with E-state index in [9.17, 15) is 18.0 Å². The topological polar surface area (TPSA) is 106 Å². The molecule has 0 saturated heterocycles. The van der Waals surface area contributed by atoms with Gasteiger partial charge >= 0.3 is 5.97 Å². The Morgan fingerprint density at radius 1 is 1.23 bits per heavy atom. The van der Waals surface area contributed by atoms with Crippen molar-refractivity contribution >= 4 is 33.6 Å². The molecule has 0 aliphatic rings. The molecule has 0 fully saturated rings. The minimum atomic E-state index is -3.61. The molecule has 170 valence electrons. The number of sulfonamides is 1. The van der Waals surface area contributed by atoms with E-state index >= 15 is 0 Å². The van der Waals surface area contributed by atoms with Crippen molar-refractivity contribution in [1.82, 2.24) is 14.8 Å². The predicted molar refractivity (Wildman–Crippen MR) is 118 cm³/mol. The van der Waals surface area contributed by atoms with Gasteiger partial charge in [0.25, 0.3) is 0 Å². The van der Waals surface area contributed by atoms with Crippen LogP contribution in [-0.2, 0) is 37.5 Å². The van der Waals surface area contributed by atoms with Crippen molar-refractivity contribution in [2.24, 2.45) is 5.92 Å². The Hall–Kier alpha value is -2.14. The molecule has 2 aromatic rings. The lowest BCUT2D eigenvalue weighted by atomic mass is 10.00. The van der Waals surface area contributed by atoms with Crippen LogP contribution in [0.4, 0.5) is 0 Å². The van der Waals surface area contributed by atoms with Crippen LogP contribution in [0, 0.1) is 5.92 Å². The van der Waals surface area contributed by atoms with Crippen LogP contribution in [0.1, 0.15) is 50.0 Å². The summed E-state index contributed by atoms with van der Waals surface area (Å²) in [7, 11) is -3.61. The van der Waals surface area contributed by atoms with Gasteiger partial charge in [0.05, 0.1) is 13.1 Å². The van der Waals surface area contributed by atoms with E-state index in [2.05, 4.69) is 23.6 Å². The molecule has 1 N–H and O–H groups in total. The Bertz CT molecular complexity index is 932. The molecular weight excluding hydrogens is 438 g/mol. The van der Waals surface area contributed by atoms with Crippen LogP contribution in [-0.4, -0.2) is 37.3 Å². The number of aromatic nitrogens is 1. The van der Waals surface area contributed by atoms with E-state index in [0.717, 1.165) is 42.6 Å². The zero-order valence-electron chi connectivity index (χ0n) is 17.8. The van der Waals surface area contributed by atoms with Gasteiger partial charge in [-0.3, -0.25) is 9.78 Å². The second-order valence-electron chi connectivity index (χ2n) is 7.17. The number of hydroxylamine groups is 2. The quantitative estimate of drug-likeness (QED) is 0.258. The lowest BCUT2D eigenvalue weighted by molar-refractivity contribution is -0.194. The summed E-state index contributed by atoms with van der Waals surface area (Å²) in [4.78, 5) is 31.9. The molecule has 8 nitrogen and oxygen atoms in total. The summed E-state index contributed by atoms with van der Waals surface area (Å²) in [5.41, 5.74) is 0.831. The summed E-state index contributed by atoms with van der Waals surface area (Å²) in [5.74, 6) is -0.703. The highest BCUT2D eigenvalue weighted by Crippen LogP contribution is 2.24. The Kier molecular flexibility index (Phi) is 10.3. The molecule has 1 atom stereocenters. The Morgan fingerprint density at radius 3 is 2.61 bits per heavy atom. The third kappa shape index (κ3) is 8.48. The average Bonchev–Trinajstić information content (AvgIpc) is 3.24. The van der Waals surface area contributed by atoms with Crippen LogP contribution >= 0.6 is 11.3 Å². The number of carbonyl (C=O) groups excluding carboxylic acids is 2. The van der Waals surface area contributed by atoms with E-state index < -0.39 is 16.0 Å². The van der Waals surface area contributed by atoms with Gasteiger partial charge in [-0.2, -0.15) is 0 Å². The maximum absolute atomic E-state index is 12.7. The summed E-state index contributed by atoms with van der Waals surface area (Å²) >= 11 is 1.11. The molecule has 0 aliphatic carbocycles. The zero-order valence-corrected chi connectivity index (χ0v) is 19.5. The molecule has 10 heteroatoms. The number of hydrogen-bond acceptors (Lipinski definition) is 8. The van der Waals surface area contributed by atoms with Crippen LogP contribution in [0.15, 0.2) is 40.9 Å². The Morgan fingerprint density at radius 2 is 1.97 bits per heavy atom. The number of unbranched alkanes of at least 4 members (excludes halogenated alkanes) is 1. The second-order valence-corrected chi connectivity index (χ2v) is 10.3. The standard InChI is InChI=1S/C21H29N3O5S2/c1-3-5-6-17(4-2)13-23-31(27,28)21-8-7-19(30-21)15-24(29-20(26)16-25)14-18-9-11-22-12-10-18/h7-12,16-17,23H,3-6,13-15H2,1-2H3. The minimum absolute atomic E-state index is 0.0937. The van der Waals surface area contributed by atoms with E-state index in [4.69, 9.17) is 4.84 Å². The largest absolute Gasteiger partial charge is 0.390 e. The molecule has 0 radical (unpaired) electrons. The predicted octanol–water partition coefficient (Wildman–Crippen LogP) is 3.30. The van der Waals surface area contributed by atoms with Crippen molar-refractivity contribution in [3.8, 4) is 0 Å². The number of carbonyl (C=O) groups is 2. The molecule has 0 aromatic carbocycles. The maximum Gasteiger partial charge on any atom is 0.390 e. The Balaban J connectivity index is 2.05. The van der Waals surface area contributed by atoms with Crippen molar-refractivity contribution in [2.45, 2.75) is 56.8 Å². The van der Waals surface area contributed by atoms with E-state index in [1.54, 1.807) is 36.7 Å². The summed E-state index contributed by atoms with van der Waals surface area (Å²) in [6.45, 7) is 4.98. The van der Waals surface area contributed by atoms with E-state index in [-0.39, 0.29) is 23.6 Å². The molecule has 31 heavy (non-hydrogen) atoms. The molecule has 0 bridgehead atoms. The van der Waals surface area contributed by atoms with Crippen molar-refractivity contribution < 1.29 is 22.8 Å². The molecule has 2 rings (SSSR count). The second kappa shape index (κ2) is 12.7. The maximum atomic E-state index is 12.7. The lowest BCUT2D eigenvalue weighted by Crippen LogP contribution is -2.28. The van der Waals surface area contributed by atoms with Crippen LogP contribution in [0.2, 0.25) is 0 Å². The van der Waals surface area contributed by atoms with Crippen molar-refractivity contribution in [2.75, 3.05) is 6.54 Å². The van der Waals surface area contributed by atoms with Gasteiger partial charge in [0, 0.05) is 23.8 Å². The van der Waals surface area contributed by atoms with E-state index in [0.29, 0.717) is 17.3 Å². The number of thiophene rings is 1. The molecule has 0 spiro atoms. The number of rotatable bonds is 14. The first-order valence-corrected chi connectivity index (χ1v) is 12.6. The summed E-state index contributed by atoms with van der Waals surface area (Å²) in [6.07, 6.45) is 7.40. The molecule has 1 unspecified atom stereocenters. The number of pyridine rings is 1. The summed E-state index contributed by atoms with van der Waals surface area (Å²) in [5, 5.41) is 1.32. The van der Waals surface area contributed by atoms with Gasteiger partial charge in [-0.05, 0) is 42.2 Å². The number of hydrogen-bond donors (Lipinski definition) is 1. The van der Waals surface area contributed by atoms with Gasteiger partial charge in [0.1, 0.15) is 4.21 Å². The minimum Gasteiger partial charge on any atom is -0.361 e. The van der Waals surface area contributed by atoms with Crippen LogP contribution in [0.5, 0.6) is 0 Å². The van der Waals surface area contributed by atoms with Gasteiger partial charge in [-0.25, -0.2) is 17.9 Å². The molecule has 0 saturated carbocycles. The summed E-state index contributed by atoms with van der Waals surface area (Å²) in [6, 6.07) is 6.75. The number of aldehydes is 1. The third-order valence-electron chi connectivity index (χ3n) is 4.76. The van der Waals surface area contributed by atoms with E-state index in [1.807, 2.05) is 0 Å². The van der Waals surface area contributed by atoms with Gasteiger partial charge in [0.2, 0.25) is 16.3 Å². The Labute approximate surface area is 187 Å². The summed E-state index contributed by atoms with van der Waals surface area (Å²) < 4.78 is 28.3. The van der Waals surface area contributed by atoms with Crippen molar-refractivity contribution in [1.29, 1.82) is 0 Å². The van der Waals surface area contributed by atoms with Gasteiger partial charge in [-0.1, -0.05) is 33.1 Å². The number of nitrogens with zero attached hydrogens (tertiary/aromatic N) is 2.